The summed E-state index contributed by atoms with van der Waals surface area (Å²) in [4.78, 5) is 61.3. The van der Waals surface area contributed by atoms with E-state index in [1.54, 1.807) is 0 Å². The summed E-state index contributed by atoms with van der Waals surface area (Å²) < 4.78 is 45.4. The van der Waals surface area contributed by atoms with E-state index in [0.29, 0.717) is 37.8 Å². The van der Waals surface area contributed by atoms with Gasteiger partial charge in [0.1, 0.15) is 13.2 Å². The molecular formula is C48H89N2O12P. The molecule has 15 heteroatoms. The molecule has 0 aromatic rings. The molecular weight excluding hydrogens is 828 g/mol. The summed E-state index contributed by atoms with van der Waals surface area (Å²) in [6.45, 7) is 5.07. The summed E-state index contributed by atoms with van der Waals surface area (Å²) in [6, 6.07) is 0. The normalized spacial score (nSPS) is 15.7. The molecule has 2 saturated carbocycles. The number of hydrogen-bond acceptors (Lipinski definition) is 13. The fourth-order valence-electron chi connectivity index (χ4n) is 7.13. The molecule has 14 nitrogen and oxygen atoms in total. The highest BCUT2D eigenvalue weighted by atomic mass is 31.2. The second-order valence-corrected chi connectivity index (χ2v) is 19.5. The monoisotopic (exact) mass is 917 g/mol. The number of nitrogens with one attached hydrogen (secondary N) is 2. The first-order chi connectivity index (χ1) is 30.6. The Kier molecular flexibility index (Phi) is 34.5. The molecule has 0 amide bonds. The number of carbonyl (C=O) groups excluding carboxylic acids is 4. The topological polar surface area (TPSA) is 185 Å². The lowest BCUT2D eigenvalue weighted by Crippen LogP contribution is -2.32. The quantitative estimate of drug-likeness (QED) is 0.0227. The zero-order valence-corrected chi connectivity index (χ0v) is 40.5. The first-order valence-corrected chi connectivity index (χ1v) is 26.8. The van der Waals surface area contributed by atoms with Crippen LogP contribution >= 0.6 is 7.82 Å². The summed E-state index contributed by atoms with van der Waals surface area (Å²) in [5.41, 5.74) is 0. The van der Waals surface area contributed by atoms with Gasteiger partial charge in [-0.25, -0.2) is 4.57 Å². The molecule has 3 atom stereocenters. The van der Waals surface area contributed by atoms with Gasteiger partial charge in [-0.3, -0.25) is 28.2 Å². The van der Waals surface area contributed by atoms with Crippen molar-refractivity contribution in [3.8, 4) is 0 Å². The molecule has 0 aliphatic heterocycles. The highest BCUT2D eigenvalue weighted by Crippen LogP contribution is 2.43. The lowest BCUT2D eigenvalue weighted by Gasteiger charge is -2.22. The molecule has 0 spiro atoms. The molecule has 2 unspecified atom stereocenters. The molecule has 0 bridgehead atoms. The van der Waals surface area contributed by atoms with Crippen LogP contribution in [-0.2, 0) is 51.7 Å². The average Bonchev–Trinajstić information content (AvgIpc) is 4.21. The Balaban J connectivity index is 1.83. The summed E-state index contributed by atoms with van der Waals surface area (Å²) in [6.07, 6.45) is 28.2. The Hall–Kier alpha value is -2.09. The van der Waals surface area contributed by atoms with Gasteiger partial charge in [0, 0.05) is 25.9 Å². The van der Waals surface area contributed by atoms with E-state index < -0.39 is 57.1 Å². The van der Waals surface area contributed by atoms with Crippen LogP contribution in [-0.4, -0.2) is 93.6 Å². The Morgan fingerprint density at radius 2 is 0.794 bits per heavy atom. The first kappa shape index (κ1) is 57.0. The number of phosphoric ester groups is 1. The van der Waals surface area contributed by atoms with Gasteiger partial charge in [-0.1, -0.05) is 142 Å². The van der Waals surface area contributed by atoms with Crippen LogP contribution in [0.15, 0.2) is 0 Å². The van der Waals surface area contributed by atoms with E-state index in [-0.39, 0.29) is 38.9 Å². The van der Waals surface area contributed by atoms with Gasteiger partial charge >= 0.3 is 31.7 Å². The number of carbonyl (C=O) groups is 4. The van der Waals surface area contributed by atoms with Crippen LogP contribution in [0.4, 0.5) is 0 Å². The maximum atomic E-state index is 13.1. The van der Waals surface area contributed by atoms with Gasteiger partial charge in [-0.05, 0) is 63.5 Å². The molecule has 368 valence electrons. The molecule has 2 aliphatic carbocycles. The third-order valence-electron chi connectivity index (χ3n) is 11.5. The Bertz CT molecular complexity index is 1230. The molecule has 63 heavy (non-hydrogen) atoms. The predicted molar refractivity (Wildman–Crippen MR) is 246 cm³/mol. The summed E-state index contributed by atoms with van der Waals surface area (Å²) in [5, 5.41) is 6.44. The summed E-state index contributed by atoms with van der Waals surface area (Å²) >= 11 is 0. The van der Waals surface area contributed by atoms with Gasteiger partial charge in [-0.2, -0.15) is 0 Å². The smallest absolute Gasteiger partial charge is 0.462 e. The van der Waals surface area contributed by atoms with E-state index in [1.165, 1.54) is 116 Å². The van der Waals surface area contributed by atoms with Gasteiger partial charge in [0.05, 0.1) is 26.1 Å². The van der Waals surface area contributed by atoms with Crippen molar-refractivity contribution in [3.63, 3.8) is 0 Å². The minimum absolute atomic E-state index is 0.0553. The molecule has 0 aromatic heterocycles. The van der Waals surface area contributed by atoms with Crippen LogP contribution in [0, 0.1) is 11.8 Å². The van der Waals surface area contributed by atoms with Crippen LogP contribution in [0.25, 0.3) is 0 Å². The van der Waals surface area contributed by atoms with E-state index >= 15 is 0 Å². The Morgan fingerprint density at radius 3 is 1.17 bits per heavy atom. The summed E-state index contributed by atoms with van der Waals surface area (Å²) in [7, 11) is -4.81. The number of esters is 4. The van der Waals surface area contributed by atoms with Gasteiger partial charge in [0.15, 0.2) is 12.2 Å². The zero-order valence-electron chi connectivity index (χ0n) is 39.6. The Labute approximate surface area is 381 Å². The zero-order chi connectivity index (χ0) is 45.6. The summed E-state index contributed by atoms with van der Waals surface area (Å²) in [5.74, 6) is -0.744. The third-order valence-corrected chi connectivity index (χ3v) is 12.5. The van der Waals surface area contributed by atoms with Crippen LogP contribution in [0.1, 0.15) is 206 Å². The molecule has 0 saturated heterocycles. The van der Waals surface area contributed by atoms with E-state index in [0.717, 1.165) is 51.6 Å². The van der Waals surface area contributed by atoms with Crippen molar-refractivity contribution < 1.29 is 56.6 Å². The predicted octanol–water partition coefficient (Wildman–Crippen LogP) is 10.2. The van der Waals surface area contributed by atoms with Crippen LogP contribution in [0.3, 0.4) is 0 Å². The van der Waals surface area contributed by atoms with Gasteiger partial charge in [0.25, 0.3) is 0 Å². The van der Waals surface area contributed by atoms with Crippen molar-refractivity contribution in [2.75, 3.05) is 52.6 Å². The van der Waals surface area contributed by atoms with Crippen molar-refractivity contribution in [1.29, 1.82) is 0 Å². The minimum atomic E-state index is -4.81. The Morgan fingerprint density at radius 1 is 0.476 bits per heavy atom. The number of rotatable bonds is 46. The third kappa shape index (κ3) is 36.8. The van der Waals surface area contributed by atoms with E-state index in [9.17, 15) is 28.6 Å². The van der Waals surface area contributed by atoms with E-state index in [4.69, 9.17) is 28.0 Å². The molecule has 0 radical (unpaired) electrons. The minimum Gasteiger partial charge on any atom is -0.462 e. The number of hydrogen-bond donors (Lipinski definition) is 3. The SMILES string of the molecule is CCCCCCCCCCCCCC(=O)OC[C@H](COP(=O)(O)OCC(COC(=O)CCNCC1CC1)OC(=O)CCNCC1CC1)OC(=O)CCCCCCCCCCCCC. The van der Waals surface area contributed by atoms with Crippen molar-refractivity contribution >= 4 is 31.7 Å². The van der Waals surface area contributed by atoms with Gasteiger partial charge < -0.3 is 34.5 Å². The molecule has 2 aliphatic rings. The fourth-order valence-corrected chi connectivity index (χ4v) is 7.92. The van der Waals surface area contributed by atoms with Crippen molar-refractivity contribution in [1.82, 2.24) is 10.6 Å². The van der Waals surface area contributed by atoms with Crippen LogP contribution in [0.5, 0.6) is 0 Å². The second kappa shape index (κ2) is 38.1. The lowest BCUT2D eigenvalue weighted by molar-refractivity contribution is -0.162. The molecule has 0 aromatic carbocycles. The molecule has 2 rings (SSSR count). The molecule has 3 N–H and O–H groups in total. The largest absolute Gasteiger partial charge is 0.472 e. The molecule has 0 heterocycles. The van der Waals surface area contributed by atoms with E-state index in [1.807, 2.05) is 0 Å². The highest BCUT2D eigenvalue weighted by Gasteiger charge is 2.29. The van der Waals surface area contributed by atoms with Gasteiger partial charge in [0.2, 0.25) is 0 Å². The van der Waals surface area contributed by atoms with Crippen LogP contribution in [0.2, 0.25) is 0 Å². The second-order valence-electron chi connectivity index (χ2n) is 18.0. The first-order valence-electron chi connectivity index (χ1n) is 25.3. The molecule has 2 fully saturated rings. The maximum Gasteiger partial charge on any atom is 0.472 e. The average molecular weight is 917 g/mol. The van der Waals surface area contributed by atoms with Crippen molar-refractivity contribution in [2.24, 2.45) is 11.8 Å². The lowest BCUT2D eigenvalue weighted by atomic mass is 10.1. The number of phosphoric acid groups is 1. The van der Waals surface area contributed by atoms with Gasteiger partial charge in [-0.15, -0.1) is 0 Å². The highest BCUT2D eigenvalue weighted by molar-refractivity contribution is 7.47. The number of unbranched alkanes of at least 4 members (excludes halogenated alkanes) is 20. The van der Waals surface area contributed by atoms with Crippen molar-refractivity contribution in [2.45, 2.75) is 219 Å². The van der Waals surface area contributed by atoms with E-state index in [2.05, 4.69) is 24.5 Å². The standard InChI is InChI=1S/C48H89N2O12P/c1-3-5-7-9-11-13-15-17-19-21-23-25-45(51)57-37-43(61-47(53)26-24-22-20-18-16-14-12-10-8-6-4-2)39-59-63(55,56)60-40-44(62-48(54)32-34-50-36-42-29-30-42)38-58-46(52)31-33-49-35-41-27-28-41/h41-44,49-50H,3-40H2,1-2H3,(H,55,56)/t43-,44?/m1/s1. The van der Waals surface area contributed by atoms with Crippen molar-refractivity contribution in [3.05, 3.63) is 0 Å². The van der Waals surface area contributed by atoms with Crippen LogP contribution < -0.4 is 10.6 Å². The maximum absolute atomic E-state index is 13.1. The number of ether oxygens (including phenoxy) is 4. The fraction of sp³-hybridized carbons (Fsp3) is 0.917.